The van der Waals surface area contributed by atoms with Crippen molar-refractivity contribution in [2.24, 2.45) is 5.92 Å². The van der Waals surface area contributed by atoms with E-state index in [4.69, 9.17) is 0 Å². The molecule has 0 N–H and O–H groups in total. The van der Waals surface area contributed by atoms with Crippen LogP contribution in [0.25, 0.3) is 0 Å². The highest BCUT2D eigenvalue weighted by Crippen LogP contribution is 2.54. The van der Waals surface area contributed by atoms with E-state index < -0.39 is 0 Å². The van der Waals surface area contributed by atoms with E-state index in [0.29, 0.717) is 5.41 Å². The smallest absolute Gasteiger partial charge is 0.00684 e. The highest BCUT2D eigenvalue weighted by Gasteiger charge is 2.49. The number of alkyl halides is 1. The second-order valence-electron chi connectivity index (χ2n) is 4.52. The van der Waals surface area contributed by atoms with E-state index in [0.717, 1.165) is 17.7 Å². The van der Waals surface area contributed by atoms with Gasteiger partial charge >= 0.3 is 0 Å². The maximum Gasteiger partial charge on any atom is 0.00684 e. The van der Waals surface area contributed by atoms with Crippen molar-refractivity contribution in [1.82, 2.24) is 0 Å². The molecule has 1 aliphatic carbocycles. The summed E-state index contributed by atoms with van der Waals surface area (Å²) in [5.74, 6) is 0.843. The SMILES string of the molecule is CCc1ccc(C2(C)CC2CBr)cc1. The summed E-state index contributed by atoms with van der Waals surface area (Å²) in [5.41, 5.74) is 3.41. The zero-order valence-electron chi connectivity index (χ0n) is 8.89. The van der Waals surface area contributed by atoms with Crippen LogP contribution in [-0.2, 0) is 11.8 Å². The maximum absolute atomic E-state index is 3.58. The average molecular weight is 253 g/mol. The van der Waals surface area contributed by atoms with Crippen LogP contribution in [0, 0.1) is 5.92 Å². The fourth-order valence-electron chi connectivity index (χ4n) is 2.15. The molecule has 2 atom stereocenters. The standard InChI is InChI=1S/C13H17Br/c1-3-10-4-6-11(7-5-10)13(2)8-12(13)9-14/h4-7,12H,3,8-9H2,1-2H3. The van der Waals surface area contributed by atoms with Crippen molar-refractivity contribution >= 4 is 15.9 Å². The molecular formula is C13H17Br. The Kier molecular flexibility index (Phi) is 2.70. The fraction of sp³-hybridized carbons (Fsp3) is 0.538. The van der Waals surface area contributed by atoms with Crippen LogP contribution in [-0.4, -0.2) is 5.33 Å². The molecule has 1 aromatic rings. The molecule has 0 spiro atoms. The van der Waals surface area contributed by atoms with Gasteiger partial charge in [0.15, 0.2) is 0 Å². The molecule has 0 saturated heterocycles. The predicted molar refractivity (Wildman–Crippen MR) is 65.1 cm³/mol. The number of halogens is 1. The summed E-state index contributed by atoms with van der Waals surface area (Å²) >= 11 is 3.58. The van der Waals surface area contributed by atoms with Crippen molar-refractivity contribution in [2.45, 2.75) is 32.1 Å². The Bertz CT molecular complexity index is 315. The molecule has 2 unspecified atom stereocenters. The summed E-state index contributed by atoms with van der Waals surface area (Å²) < 4.78 is 0. The van der Waals surface area contributed by atoms with Gasteiger partial charge in [0.2, 0.25) is 0 Å². The monoisotopic (exact) mass is 252 g/mol. The Balaban J connectivity index is 2.18. The number of aryl methyl sites for hydroxylation is 1. The highest BCUT2D eigenvalue weighted by atomic mass is 79.9. The number of benzene rings is 1. The lowest BCUT2D eigenvalue weighted by atomic mass is 9.95. The Morgan fingerprint density at radius 2 is 2.00 bits per heavy atom. The van der Waals surface area contributed by atoms with Crippen LogP contribution < -0.4 is 0 Å². The molecule has 1 fully saturated rings. The van der Waals surface area contributed by atoms with E-state index in [2.05, 4.69) is 54.0 Å². The predicted octanol–water partition coefficient (Wildman–Crippen LogP) is 3.92. The van der Waals surface area contributed by atoms with Gasteiger partial charge in [0.05, 0.1) is 0 Å². The average Bonchev–Trinajstić information content (AvgIpc) is 2.91. The molecule has 1 saturated carbocycles. The van der Waals surface area contributed by atoms with E-state index in [1.54, 1.807) is 0 Å². The summed E-state index contributed by atoms with van der Waals surface area (Å²) in [4.78, 5) is 0. The maximum atomic E-state index is 3.58. The number of hydrogen-bond acceptors (Lipinski definition) is 0. The van der Waals surface area contributed by atoms with E-state index >= 15 is 0 Å². The van der Waals surface area contributed by atoms with Gasteiger partial charge < -0.3 is 0 Å². The summed E-state index contributed by atoms with van der Waals surface area (Å²) in [5, 5.41) is 1.14. The van der Waals surface area contributed by atoms with Crippen molar-refractivity contribution in [1.29, 1.82) is 0 Å². The molecule has 0 nitrogen and oxygen atoms in total. The van der Waals surface area contributed by atoms with Crippen LogP contribution in [0.3, 0.4) is 0 Å². The summed E-state index contributed by atoms with van der Waals surface area (Å²) in [7, 11) is 0. The lowest BCUT2D eigenvalue weighted by Crippen LogP contribution is -2.04. The first-order chi connectivity index (χ1) is 6.70. The topological polar surface area (TPSA) is 0 Å². The van der Waals surface area contributed by atoms with Crippen molar-refractivity contribution in [3.63, 3.8) is 0 Å². The molecule has 0 bridgehead atoms. The van der Waals surface area contributed by atoms with Crippen LogP contribution >= 0.6 is 15.9 Å². The van der Waals surface area contributed by atoms with Crippen LogP contribution in [0.4, 0.5) is 0 Å². The third-order valence-corrected chi connectivity index (χ3v) is 4.40. The summed E-state index contributed by atoms with van der Waals surface area (Å²) in [6.45, 7) is 4.58. The first-order valence-electron chi connectivity index (χ1n) is 5.36. The van der Waals surface area contributed by atoms with Gasteiger partial charge in [0.1, 0.15) is 0 Å². The summed E-state index contributed by atoms with van der Waals surface area (Å²) in [6, 6.07) is 9.15. The van der Waals surface area contributed by atoms with E-state index in [-0.39, 0.29) is 0 Å². The van der Waals surface area contributed by atoms with Gasteiger partial charge in [-0.3, -0.25) is 0 Å². The lowest BCUT2D eigenvalue weighted by molar-refractivity contribution is 0.710. The van der Waals surface area contributed by atoms with Gasteiger partial charge in [-0.15, -0.1) is 0 Å². The zero-order valence-corrected chi connectivity index (χ0v) is 10.5. The highest BCUT2D eigenvalue weighted by molar-refractivity contribution is 9.09. The normalized spacial score (nSPS) is 30.4. The van der Waals surface area contributed by atoms with E-state index in [9.17, 15) is 0 Å². The van der Waals surface area contributed by atoms with Gasteiger partial charge in [0, 0.05) is 5.33 Å². The third kappa shape index (κ3) is 1.63. The van der Waals surface area contributed by atoms with Crippen LogP contribution in [0.5, 0.6) is 0 Å². The van der Waals surface area contributed by atoms with Crippen molar-refractivity contribution in [3.05, 3.63) is 35.4 Å². The van der Waals surface area contributed by atoms with Crippen LogP contribution in [0.1, 0.15) is 31.4 Å². The zero-order chi connectivity index (χ0) is 10.2. The quantitative estimate of drug-likeness (QED) is 0.716. The molecule has 0 heterocycles. The minimum absolute atomic E-state index is 0.454. The number of hydrogen-bond donors (Lipinski definition) is 0. The minimum atomic E-state index is 0.454. The molecule has 76 valence electrons. The van der Waals surface area contributed by atoms with Crippen molar-refractivity contribution in [2.75, 3.05) is 5.33 Å². The largest absolute Gasteiger partial charge is 0.0925 e. The summed E-state index contributed by atoms with van der Waals surface area (Å²) in [6.07, 6.45) is 2.47. The fourth-order valence-corrected chi connectivity index (χ4v) is 3.10. The Labute approximate surface area is 94.8 Å². The van der Waals surface area contributed by atoms with E-state index in [1.165, 1.54) is 17.5 Å². The molecule has 0 aromatic heterocycles. The van der Waals surface area contributed by atoms with Crippen molar-refractivity contribution < 1.29 is 0 Å². The van der Waals surface area contributed by atoms with Gasteiger partial charge in [-0.05, 0) is 35.3 Å². The minimum Gasteiger partial charge on any atom is -0.0925 e. The van der Waals surface area contributed by atoms with Gasteiger partial charge in [0.25, 0.3) is 0 Å². The molecule has 0 amide bonds. The molecular weight excluding hydrogens is 236 g/mol. The molecule has 0 aliphatic heterocycles. The van der Waals surface area contributed by atoms with E-state index in [1.807, 2.05) is 0 Å². The lowest BCUT2D eigenvalue weighted by Gasteiger charge is -2.11. The Morgan fingerprint density at radius 3 is 2.43 bits per heavy atom. The third-order valence-electron chi connectivity index (χ3n) is 3.62. The second-order valence-corrected chi connectivity index (χ2v) is 5.17. The molecule has 2 rings (SSSR count). The molecule has 0 radical (unpaired) electrons. The van der Waals surface area contributed by atoms with Gasteiger partial charge in [-0.2, -0.15) is 0 Å². The molecule has 1 aromatic carbocycles. The number of rotatable bonds is 3. The molecule has 1 heteroatoms. The second kappa shape index (κ2) is 3.69. The van der Waals surface area contributed by atoms with Gasteiger partial charge in [-0.25, -0.2) is 0 Å². The van der Waals surface area contributed by atoms with Crippen molar-refractivity contribution in [3.8, 4) is 0 Å². The van der Waals surface area contributed by atoms with Crippen LogP contribution in [0.15, 0.2) is 24.3 Å². The Hall–Kier alpha value is -0.300. The van der Waals surface area contributed by atoms with Gasteiger partial charge in [-0.1, -0.05) is 54.0 Å². The molecule has 1 aliphatic rings. The Morgan fingerprint density at radius 1 is 1.36 bits per heavy atom. The first-order valence-corrected chi connectivity index (χ1v) is 6.48. The van der Waals surface area contributed by atoms with Crippen LogP contribution in [0.2, 0.25) is 0 Å². The molecule has 14 heavy (non-hydrogen) atoms. The first kappa shape index (κ1) is 10.2.